The standard InChI is InChI=1S/C54H90O45/c55-1-10-19(63)20(64)29(73)47(83-10)92-38-11(2-56)84-46(30(74)21(38)65)82-9-18-45-28(72)37(81)54(91-18)98-44-17(8-62)89-52(35(79)26(44)70)96-42-15(6-60)87-50(33(77)24(42)68)94-40-13(4-58)85-48(31(75)22(40)66)93-39-12(3-57)86-49(32(76)23(39)67)95-41-14(5-59)88-51(34(78)25(41)69)97-43-16(7-61)90-53(99-45)36(80)27(43)71/h10-81H,1-9H2/t10-,11-,12-,13-,14-,15-,16-,17-,18-,19+,20+,21-,22-,23-,24-,25-,26-,27-,28-,29-,30-,31-,32-,33-,34-,35-,36-,37-,38-,39-,40-,41-,42-,43-,44-,45-,46-,47+,48-,49-,50-,51-,52-,53-,54-/m1/s1. The van der Waals surface area contributed by atoms with Crippen molar-refractivity contribution in [2.45, 2.75) is 276 Å². The van der Waals surface area contributed by atoms with Crippen molar-refractivity contribution in [3.05, 3.63) is 0 Å². The lowest BCUT2D eigenvalue weighted by atomic mass is 9.95. The van der Waals surface area contributed by atoms with Crippen molar-refractivity contribution in [3.63, 3.8) is 0 Å². The second-order valence-electron chi connectivity index (χ2n) is 25.3. The number of rotatable bonds is 13. The molecule has 0 aromatic heterocycles. The van der Waals surface area contributed by atoms with Crippen LogP contribution < -0.4 is 0 Å². The van der Waals surface area contributed by atoms with Crippen LogP contribution in [0.2, 0.25) is 0 Å². The quantitative estimate of drug-likeness (QED) is 0.0814. The van der Waals surface area contributed by atoms with Gasteiger partial charge in [0.05, 0.1) is 59.5 Å². The Morgan fingerprint density at radius 3 is 0.657 bits per heavy atom. The molecule has 23 heterocycles. The van der Waals surface area contributed by atoms with Gasteiger partial charge in [-0.25, -0.2) is 0 Å². The van der Waals surface area contributed by atoms with Crippen LogP contribution in [0.15, 0.2) is 0 Å². The van der Waals surface area contributed by atoms with Crippen LogP contribution in [0.25, 0.3) is 0 Å². The molecular weight excluding hydrogens is 1370 g/mol. The maximum atomic E-state index is 12.0. The highest BCUT2D eigenvalue weighted by Gasteiger charge is 2.61. The molecule has 0 amide bonds. The second kappa shape index (κ2) is 34.0. The van der Waals surface area contributed by atoms with Crippen LogP contribution in [-0.4, -0.2) is 474 Å². The Morgan fingerprint density at radius 2 is 0.404 bits per heavy atom. The average Bonchev–Trinajstić information content (AvgIpc) is 0.754. The molecule has 576 valence electrons. The molecule has 99 heavy (non-hydrogen) atoms. The van der Waals surface area contributed by atoms with E-state index >= 15 is 0 Å². The Kier molecular flexibility index (Phi) is 27.4. The van der Waals surface area contributed by atoms with Gasteiger partial charge in [-0.2, -0.15) is 0 Å². The summed E-state index contributed by atoms with van der Waals surface area (Å²) in [6.07, 6.45) is -94.3. The third-order valence-corrected chi connectivity index (χ3v) is 19.0. The number of aliphatic hydroxyl groups excluding tert-OH is 27. The fourth-order valence-corrected chi connectivity index (χ4v) is 13.3. The van der Waals surface area contributed by atoms with Crippen molar-refractivity contribution in [1.82, 2.24) is 0 Å². The van der Waals surface area contributed by atoms with Crippen molar-refractivity contribution < 1.29 is 223 Å². The molecule has 45 atom stereocenters. The van der Waals surface area contributed by atoms with Gasteiger partial charge in [-0.1, -0.05) is 0 Å². The molecule has 23 rings (SSSR count). The van der Waals surface area contributed by atoms with Crippen LogP contribution in [0.3, 0.4) is 0 Å². The number of ether oxygens (including phenoxy) is 18. The molecule has 45 nitrogen and oxygen atoms in total. The van der Waals surface area contributed by atoms with E-state index in [0.717, 1.165) is 0 Å². The number of hydrogen-bond donors (Lipinski definition) is 27. The van der Waals surface area contributed by atoms with Gasteiger partial charge in [0.1, 0.15) is 220 Å². The molecule has 23 fully saturated rings. The molecule has 0 unspecified atom stereocenters. The molecule has 14 bridgehead atoms. The minimum Gasteiger partial charge on any atom is -0.394 e. The van der Waals surface area contributed by atoms with Crippen LogP contribution >= 0.6 is 0 Å². The zero-order valence-electron chi connectivity index (χ0n) is 51.8. The Morgan fingerprint density at radius 1 is 0.182 bits per heavy atom. The van der Waals surface area contributed by atoms with Crippen molar-refractivity contribution in [2.24, 2.45) is 0 Å². The van der Waals surface area contributed by atoms with E-state index in [2.05, 4.69) is 0 Å². The lowest BCUT2D eigenvalue weighted by molar-refractivity contribution is -0.399. The highest BCUT2D eigenvalue weighted by atomic mass is 16.8. The Labute approximate surface area is 558 Å². The summed E-state index contributed by atoms with van der Waals surface area (Å²) in [4.78, 5) is 0. The monoisotopic (exact) mass is 1460 g/mol. The van der Waals surface area contributed by atoms with E-state index in [-0.39, 0.29) is 0 Å². The van der Waals surface area contributed by atoms with Gasteiger partial charge in [0.2, 0.25) is 0 Å². The van der Waals surface area contributed by atoms with Gasteiger partial charge in [-0.15, -0.1) is 0 Å². The zero-order valence-corrected chi connectivity index (χ0v) is 51.8. The predicted octanol–water partition coefficient (Wildman–Crippen LogP) is -19.6. The minimum absolute atomic E-state index is 0.906. The van der Waals surface area contributed by atoms with Gasteiger partial charge in [0.15, 0.2) is 56.6 Å². The van der Waals surface area contributed by atoms with Gasteiger partial charge >= 0.3 is 0 Å². The molecule has 0 aromatic carbocycles. The molecule has 0 radical (unpaired) electrons. The number of hydrogen-bond acceptors (Lipinski definition) is 45. The van der Waals surface area contributed by atoms with Crippen LogP contribution in [0.5, 0.6) is 0 Å². The van der Waals surface area contributed by atoms with Crippen LogP contribution in [-0.2, 0) is 85.3 Å². The Balaban J connectivity index is 0.938. The molecule has 45 heteroatoms. The zero-order chi connectivity index (χ0) is 72.1. The van der Waals surface area contributed by atoms with Gasteiger partial charge in [-0.05, 0) is 0 Å². The van der Waals surface area contributed by atoms with Crippen LogP contribution in [0, 0.1) is 0 Å². The Hall–Kier alpha value is -1.80. The molecule has 0 saturated carbocycles. The first-order valence-corrected chi connectivity index (χ1v) is 31.6. The topological polar surface area (TPSA) is 712 Å². The summed E-state index contributed by atoms with van der Waals surface area (Å²) >= 11 is 0. The largest absolute Gasteiger partial charge is 0.394 e. The van der Waals surface area contributed by atoms with Crippen molar-refractivity contribution in [2.75, 3.05) is 59.5 Å². The molecule has 0 aliphatic carbocycles. The van der Waals surface area contributed by atoms with E-state index in [4.69, 9.17) is 85.3 Å². The smallest absolute Gasteiger partial charge is 0.187 e. The van der Waals surface area contributed by atoms with E-state index in [9.17, 15) is 138 Å². The second-order valence-corrected chi connectivity index (χ2v) is 25.3. The first-order valence-electron chi connectivity index (χ1n) is 31.6. The first kappa shape index (κ1) is 79.8. The summed E-state index contributed by atoms with van der Waals surface area (Å²) in [5.74, 6) is 0. The highest BCUT2D eigenvalue weighted by Crippen LogP contribution is 2.40. The molecule has 0 aromatic rings. The summed E-state index contributed by atoms with van der Waals surface area (Å²) in [6, 6.07) is 0. The van der Waals surface area contributed by atoms with Crippen LogP contribution in [0.1, 0.15) is 0 Å². The first-order chi connectivity index (χ1) is 47.1. The summed E-state index contributed by atoms with van der Waals surface area (Å²) in [7, 11) is 0. The van der Waals surface area contributed by atoms with Gasteiger partial charge in [-0.3, -0.25) is 0 Å². The van der Waals surface area contributed by atoms with Crippen molar-refractivity contribution in [3.8, 4) is 0 Å². The number of aliphatic hydroxyl groups is 27. The minimum atomic E-state index is -2.43. The molecule has 27 N–H and O–H groups in total. The summed E-state index contributed by atoms with van der Waals surface area (Å²) in [5.41, 5.74) is 0. The molecule has 23 aliphatic heterocycles. The predicted molar refractivity (Wildman–Crippen MR) is 294 cm³/mol. The fourth-order valence-electron chi connectivity index (χ4n) is 13.3. The van der Waals surface area contributed by atoms with Crippen molar-refractivity contribution in [1.29, 1.82) is 0 Å². The van der Waals surface area contributed by atoms with E-state index in [1.807, 2.05) is 0 Å². The molecular formula is C54H90O45. The average molecular weight is 1460 g/mol. The van der Waals surface area contributed by atoms with Gasteiger partial charge in [0.25, 0.3) is 0 Å². The maximum absolute atomic E-state index is 12.0. The summed E-state index contributed by atoms with van der Waals surface area (Å²) in [5, 5.41) is 299. The van der Waals surface area contributed by atoms with Crippen molar-refractivity contribution >= 4 is 0 Å². The third-order valence-electron chi connectivity index (χ3n) is 19.0. The van der Waals surface area contributed by atoms with Gasteiger partial charge < -0.3 is 223 Å². The normalized spacial score (nSPS) is 55.1. The lowest BCUT2D eigenvalue weighted by Crippen LogP contribution is -2.68. The lowest BCUT2D eigenvalue weighted by Gasteiger charge is -2.50. The fraction of sp³-hybridized carbons (Fsp3) is 1.00. The van der Waals surface area contributed by atoms with E-state index < -0.39 is 336 Å². The van der Waals surface area contributed by atoms with Crippen LogP contribution in [0.4, 0.5) is 0 Å². The van der Waals surface area contributed by atoms with E-state index in [0.29, 0.717) is 0 Å². The molecule has 23 saturated heterocycles. The van der Waals surface area contributed by atoms with E-state index in [1.54, 1.807) is 0 Å². The highest BCUT2D eigenvalue weighted by molar-refractivity contribution is 5.03. The molecule has 0 spiro atoms. The summed E-state index contributed by atoms with van der Waals surface area (Å²) < 4.78 is 103. The van der Waals surface area contributed by atoms with Gasteiger partial charge in [0, 0.05) is 0 Å². The molecule has 23 aliphatic rings. The SMILES string of the molecule is OC[C@H]1O[C@@H](O[C@H]2[C@H](O)[C@@H](O)[C@H](OC[C@H]3O[C@@H]4O[C@H]5[C@H](O)[C@@H](O)[C@@H](O[C@H]6[C@H](O)[C@@H](O)[C@@H](O[C@H]7[C@H](O)[C@@H](O)[C@@H](O[C@H]8[C@H](O)[C@@H](O)[C@@H](O[C@H]9[C@H](O)[C@@H](O)[C@@H](O[C@H]%10[C@H](O)[C@@H](O)[C@@H](O[C@H]3[C@H](O)[C@H]4O)O[C@@H]%10CO)O[C@@H]9CO)O[C@@H]8CO)O[C@@H]7CO)O[C@@H]6CO)O[C@@H]5CO)O[C@@H]2CO)[C@H](O)[C@@H](O)[C@H]1O. The third kappa shape index (κ3) is 16.0. The van der Waals surface area contributed by atoms with E-state index in [1.165, 1.54) is 0 Å². The Bertz CT molecular complexity index is 2450. The maximum Gasteiger partial charge on any atom is 0.187 e. The summed E-state index contributed by atoms with van der Waals surface area (Å²) in [6.45, 7) is -9.86.